The zero-order valence-electron chi connectivity index (χ0n) is 21.0. The van der Waals surface area contributed by atoms with Crippen molar-refractivity contribution in [1.82, 2.24) is 8.75 Å². The molecular weight excluding hydrogens is 499 g/mol. The molecule has 0 amide bonds. The summed E-state index contributed by atoms with van der Waals surface area (Å²) in [5.41, 5.74) is 3.70. The summed E-state index contributed by atoms with van der Waals surface area (Å²) < 4.78 is 19.2. The van der Waals surface area contributed by atoms with Crippen LogP contribution in [-0.4, -0.2) is 27.3 Å². The van der Waals surface area contributed by atoms with Gasteiger partial charge in [-0.05, 0) is 52.4 Å². The number of fused-ring (bicyclic) bond motifs is 2. The van der Waals surface area contributed by atoms with E-state index in [1.807, 2.05) is 24.3 Å². The Morgan fingerprint density at radius 2 is 1.57 bits per heavy atom. The smallest absolute Gasteiger partial charge is 0.545 e. The number of Topliss-reactive ketones (excluding diaryl/α,β-unsaturated/α-hetero) is 1. The maximum Gasteiger partial charge on any atom is 1.00 e. The van der Waals surface area contributed by atoms with Crippen molar-refractivity contribution in [2.24, 2.45) is 0 Å². The number of carbonyl (C=O) groups excluding carboxylic acids is 2. The van der Waals surface area contributed by atoms with Crippen LogP contribution >= 0.6 is 11.7 Å². The summed E-state index contributed by atoms with van der Waals surface area (Å²) in [5, 5.41) is 12.5. The van der Waals surface area contributed by atoms with E-state index in [0.717, 1.165) is 22.9 Å². The molecule has 0 unspecified atom stereocenters. The van der Waals surface area contributed by atoms with E-state index in [1.54, 1.807) is 36.4 Å². The molecule has 0 fully saturated rings. The molecule has 4 aromatic rings. The fourth-order valence-electron chi connectivity index (χ4n) is 4.17. The van der Waals surface area contributed by atoms with E-state index in [2.05, 4.69) is 29.5 Å². The van der Waals surface area contributed by atoms with Crippen molar-refractivity contribution in [3.63, 3.8) is 0 Å². The molecule has 3 aromatic carbocycles. The molecule has 0 saturated carbocycles. The van der Waals surface area contributed by atoms with Gasteiger partial charge in [0, 0.05) is 23.1 Å². The molecule has 0 bridgehead atoms. The van der Waals surface area contributed by atoms with Gasteiger partial charge in [0.2, 0.25) is 6.79 Å². The standard InChI is InChI=1S/C28H24N2O5S.Na/c1-28(2,3)19-8-4-16(5-9-19)12-20(26(31)18-7-11-23-24(14-18)35-15-34-23)25(27(32)33)17-6-10-21-22(13-17)30-36-29-21;/h4-11,13-14H,12,15H2,1-3H3,(H,32,33);/q;+1/p-1. The second-order valence-electron chi connectivity index (χ2n) is 9.63. The predicted molar refractivity (Wildman–Crippen MR) is 135 cm³/mol. The van der Waals surface area contributed by atoms with Crippen LogP contribution in [0.15, 0.2) is 66.2 Å². The second-order valence-corrected chi connectivity index (χ2v) is 10.2. The summed E-state index contributed by atoms with van der Waals surface area (Å²) in [6.45, 7) is 6.43. The number of nitrogens with zero attached hydrogens (tertiary/aromatic N) is 2. The number of hydrogen-bond acceptors (Lipinski definition) is 8. The predicted octanol–water partition coefficient (Wildman–Crippen LogP) is 1.35. The summed E-state index contributed by atoms with van der Waals surface area (Å²) in [6, 6.07) is 17.6. The molecule has 1 aliphatic heterocycles. The van der Waals surface area contributed by atoms with Gasteiger partial charge in [-0.1, -0.05) is 51.1 Å². The van der Waals surface area contributed by atoms with Crippen LogP contribution in [0.1, 0.15) is 47.8 Å². The van der Waals surface area contributed by atoms with Gasteiger partial charge in [-0.2, -0.15) is 8.75 Å². The van der Waals surface area contributed by atoms with Crippen molar-refractivity contribution in [2.75, 3.05) is 6.79 Å². The van der Waals surface area contributed by atoms with E-state index in [1.165, 1.54) is 0 Å². The van der Waals surface area contributed by atoms with Crippen LogP contribution in [0.2, 0.25) is 0 Å². The molecule has 1 aromatic heterocycles. The molecular formula is C28H23N2NaO5S. The van der Waals surface area contributed by atoms with E-state index in [-0.39, 0.29) is 59.3 Å². The van der Waals surface area contributed by atoms with Gasteiger partial charge in [0.05, 0.1) is 17.7 Å². The van der Waals surface area contributed by atoms with Gasteiger partial charge < -0.3 is 19.4 Å². The number of ketones is 1. The Balaban J connectivity index is 0.00000320. The molecule has 9 heteroatoms. The average molecular weight is 523 g/mol. The maximum atomic E-state index is 13.8. The molecule has 7 nitrogen and oxygen atoms in total. The molecule has 37 heavy (non-hydrogen) atoms. The Morgan fingerprint density at radius 1 is 0.892 bits per heavy atom. The Hall–Kier alpha value is -3.04. The van der Waals surface area contributed by atoms with Crippen LogP contribution in [0.3, 0.4) is 0 Å². The summed E-state index contributed by atoms with van der Waals surface area (Å²) in [7, 11) is 0. The number of allylic oxidation sites excluding steroid dienone is 1. The van der Waals surface area contributed by atoms with Crippen molar-refractivity contribution in [2.45, 2.75) is 32.6 Å². The van der Waals surface area contributed by atoms with Crippen LogP contribution in [0.25, 0.3) is 16.6 Å². The van der Waals surface area contributed by atoms with Gasteiger partial charge in [-0.15, -0.1) is 0 Å². The monoisotopic (exact) mass is 522 g/mol. The molecule has 0 N–H and O–H groups in total. The fraction of sp³-hybridized carbons (Fsp3) is 0.214. The Labute approximate surface area is 240 Å². The number of aliphatic carboxylic acids is 1. The fourth-order valence-corrected chi connectivity index (χ4v) is 4.69. The third-order valence-electron chi connectivity index (χ3n) is 6.16. The van der Waals surface area contributed by atoms with E-state index in [0.29, 0.717) is 33.7 Å². The number of carboxylic acid groups (broad SMARTS) is 1. The first-order valence-electron chi connectivity index (χ1n) is 11.4. The minimum absolute atomic E-state index is 0. The van der Waals surface area contributed by atoms with Gasteiger partial charge in [-0.25, -0.2) is 0 Å². The number of benzene rings is 3. The molecule has 0 aliphatic carbocycles. The second kappa shape index (κ2) is 10.8. The summed E-state index contributed by atoms with van der Waals surface area (Å²) in [4.78, 5) is 26.4. The maximum absolute atomic E-state index is 13.8. The van der Waals surface area contributed by atoms with Gasteiger partial charge in [0.25, 0.3) is 0 Å². The van der Waals surface area contributed by atoms with E-state index in [4.69, 9.17) is 9.47 Å². The largest absolute Gasteiger partial charge is 1.00 e. The van der Waals surface area contributed by atoms with Crippen LogP contribution in [0, 0.1) is 0 Å². The Bertz CT molecular complexity index is 1520. The number of ether oxygens (including phenoxy) is 2. The Morgan fingerprint density at radius 3 is 2.27 bits per heavy atom. The first kappa shape index (κ1) is 27.0. The first-order chi connectivity index (χ1) is 17.2. The van der Waals surface area contributed by atoms with E-state index >= 15 is 0 Å². The molecule has 5 rings (SSSR count). The number of carboxylic acids is 1. The van der Waals surface area contributed by atoms with Crippen LogP contribution in [-0.2, 0) is 16.6 Å². The van der Waals surface area contributed by atoms with Gasteiger partial charge in [0.1, 0.15) is 11.0 Å². The normalized spacial score (nSPS) is 13.2. The topological polar surface area (TPSA) is 101 Å². The van der Waals surface area contributed by atoms with Crippen molar-refractivity contribution in [1.29, 1.82) is 0 Å². The van der Waals surface area contributed by atoms with Gasteiger partial charge >= 0.3 is 29.6 Å². The zero-order valence-corrected chi connectivity index (χ0v) is 23.8. The molecule has 0 spiro atoms. The van der Waals surface area contributed by atoms with Crippen molar-refractivity contribution < 1.29 is 53.7 Å². The average Bonchev–Trinajstić information content (AvgIpc) is 3.51. The van der Waals surface area contributed by atoms with E-state index in [9.17, 15) is 14.7 Å². The first-order valence-corrected chi connectivity index (χ1v) is 12.1. The SMILES string of the molecule is CC(C)(C)c1ccc(CC(C(=O)c2ccc3c(c2)OCO3)=C(C(=O)[O-])c2ccc3nsnc3c2)cc1.[Na+]. The quantitative estimate of drug-likeness (QED) is 0.214. The molecule has 2 heterocycles. The van der Waals surface area contributed by atoms with Gasteiger partial charge in [0.15, 0.2) is 17.3 Å². The zero-order chi connectivity index (χ0) is 25.4. The Kier molecular flexibility index (Phi) is 7.85. The third kappa shape index (κ3) is 5.62. The van der Waals surface area contributed by atoms with Crippen LogP contribution < -0.4 is 44.1 Å². The van der Waals surface area contributed by atoms with E-state index < -0.39 is 11.8 Å². The third-order valence-corrected chi connectivity index (χ3v) is 6.71. The van der Waals surface area contributed by atoms with Crippen LogP contribution in [0.4, 0.5) is 0 Å². The number of hydrogen-bond donors (Lipinski definition) is 0. The molecule has 0 atom stereocenters. The number of carbonyl (C=O) groups is 2. The van der Waals surface area contributed by atoms with Crippen molar-refractivity contribution in [3.8, 4) is 11.5 Å². The van der Waals surface area contributed by atoms with Crippen LogP contribution in [0.5, 0.6) is 11.5 Å². The molecule has 0 radical (unpaired) electrons. The van der Waals surface area contributed by atoms with Gasteiger partial charge in [-0.3, -0.25) is 4.79 Å². The summed E-state index contributed by atoms with van der Waals surface area (Å²) in [5.74, 6) is -0.881. The van der Waals surface area contributed by atoms with Crippen molar-refractivity contribution in [3.05, 3.63) is 88.5 Å². The minimum atomic E-state index is -1.44. The molecule has 182 valence electrons. The summed E-state index contributed by atoms with van der Waals surface area (Å²) in [6.07, 6.45) is 0.106. The minimum Gasteiger partial charge on any atom is -0.545 e. The number of aromatic nitrogens is 2. The summed E-state index contributed by atoms with van der Waals surface area (Å²) >= 11 is 1.04. The molecule has 0 saturated heterocycles. The van der Waals surface area contributed by atoms with Crippen molar-refractivity contribution >= 4 is 40.1 Å². The number of rotatable bonds is 6. The molecule has 1 aliphatic rings.